The highest BCUT2D eigenvalue weighted by Gasteiger charge is 2.07. The van der Waals surface area contributed by atoms with E-state index in [1.165, 1.54) is 18.3 Å². The molecule has 0 saturated carbocycles. The molecule has 1 amide bonds. The molecule has 102 valence electrons. The van der Waals surface area contributed by atoms with E-state index in [4.69, 9.17) is 0 Å². The second-order valence-electron chi connectivity index (χ2n) is 3.38. The zero-order valence-electron chi connectivity index (χ0n) is 10.4. The van der Waals surface area contributed by atoms with Gasteiger partial charge in [0.25, 0.3) is 0 Å². The molecule has 9 heteroatoms. The van der Waals surface area contributed by atoms with Crippen molar-refractivity contribution < 1.29 is 4.79 Å². The zero-order chi connectivity index (χ0) is 13.7. The Morgan fingerprint density at radius 1 is 1.37 bits per heavy atom. The highest BCUT2D eigenvalue weighted by molar-refractivity contribution is 8.02. The molecule has 0 fully saturated rings. The Kier molecular flexibility index (Phi) is 5.61. The largest absolute Gasteiger partial charge is 0.302 e. The maximum absolute atomic E-state index is 10.9. The van der Waals surface area contributed by atoms with E-state index in [-0.39, 0.29) is 5.91 Å². The minimum atomic E-state index is -0.0982. The molecule has 2 aromatic rings. The Hall–Kier alpha value is -0.640. The molecule has 0 aliphatic heterocycles. The van der Waals surface area contributed by atoms with Crippen LogP contribution in [0.4, 0.5) is 5.13 Å². The molecule has 0 atom stereocenters. The molecule has 0 saturated heterocycles. The van der Waals surface area contributed by atoms with Gasteiger partial charge in [-0.15, -0.1) is 21.5 Å². The van der Waals surface area contributed by atoms with E-state index in [0.717, 1.165) is 25.9 Å². The molecule has 0 aromatic carbocycles. The van der Waals surface area contributed by atoms with Gasteiger partial charge in [-0.05, 0) is 5.75 Å². The number of hydrogen-bond donors (Lipinski definition) is 1. The van der Waals surface area contributed by atoms with Crippen LogP contribution < -0.4 is 5.32 Å². The Bertz CT molecular complexity index is 553. The number of carbonyl (C=O) groups excluding carboxylic acids is 1. The summed E-state index contributed by atoms with van der Waals surface area (Å²) >= 11 is 6.35. The maximum Gasteiger partial charge on any atom is 0.223 e. The molecule has 0 radical (unpaired) electrons. The van der Waals surface area contributed by atoms with Gasteiger partial charge in [-0.25, -0.2) is 4.98 Å². The van der Waals surface area contributed by atoms with Crippen LogP contribution in [-0.4, -0.2) is 26.8 Å². The van der Waals surface area contributed by atoms with Gasteiger partial charge in [0.1, 0.15) is 0 Å². The van der Waals surface area contributed by atoms with Crippen molar-refractivity contribution in [2.24, 2.45) is 0 Å². The fraction of sp³-hybridized carbons (Fsp3) is 0.400. The predicted octanol–water partition coefficient (Wildman–Crippen LogP) is 3.36. The van der Waals surface area contributed by atoms with E-state index in [9.17, 15) is 4.79 Å². The summed E-state index contributed by atoms with van der Waals surface area (Å²) in [6.07, 6.45) is 0. The van der Waals surface area contributed by atoms with Crippen molar-refractivity contribution >= 4 is 57.2 Å². The van der Waals surface area contributed by atoms with Crippen molar-refractivity contribution in [2.75, 3.05) is 11.1 Å². The number of aromatic nitrogens is 3. The summed E-state index contributed by atoms with van der Waals surface area (Å²) < 4.78 is 1.95. The van der Waals surface area contributed by atoms with Gasteiger partial charge in [0.2, 0.25) is 5.91 Å². The number of anilines is 1. The Morgan fingerprint density at radius 3 is 2.79 bits per heavy atom. The van der Waals surface area contributed by atoms with Crippen LogP contribution in [0.25, 0.3) is 0 Å². The fourth-order valence-corrected chi connectivity index (χ4v) is 4.83. The zero-order valence-corrected chi connectivity index (χ0v) is 13.6. The van der Waals surface area contributed by atoms with Crippen LogP contribution in [0.5, 0.6) is 0 Å². The van der Waals surface area contributed by atoms with Crippen molar-refractivity contribution in [3.05, 3.63) is 11.1 Å². The average molecular weight is 333 g/mol. The third kappa shape index (κ3) is 4.75. The Balaban J connectivity index is 1.87. The van der Waals surface area contributed by atoms with Crippen molar-refractivity contribution in [3.8, 4) is 0 Å². The van der Waals surface area contributed by atoms with Crippen LogP contribution in [0.1, 0.15) is 19.5 Å². The molecule has 2 rings (SSSR count). The summed E-state index contributed by atoms with van der Waals surface area (Å²) in [5.41, 5.74) is 0.943. The number of hydrogen-bond acceptors (Lipinski definition) is 8. The maximum atomic E-state index is 10.9. The lowest BCUT2D eigenvalue weighted by Gasteiger charge is -1.94. The van der Waals surface area contributed by atoms with Crippen LogP contribution in [0, 0.1) is 0 Å². The minimum Gasteiger partial charge on any atom is -0.302 e. The molecular formula is C10H12N4OS4. The fourth-order valence-electron chi connectivity index (χ4n) is 1.15. The van der Waals surface area contributed by atoms with Gasteiger partial charge in [0.15, 0.2) is 13.8 Å². The third-order valence-corrected chi connectivity index (χ3v) is 5.75. The number of thiazole rings is 1. The van der Waals surface area contributed by atoms with Crippen LogP contribution in [0.15, 0.2) is 14.1 Å². The van der Waals surface area contributed by atoms with E-state index in [1.54, 1.807) is 34.9 Å². The molecule has 0 aliphatic carbocycles. The molecule has 2 heterocycles. The monoisotopic (exact) mass is 332 g/mol. The molecule has 1 N–H and O–H groups in total. The normalized spacial score (nSPS) is 10.6. The van der Waals surface area contributed by atoms with Gasteiger partial charge >= 0.3 is 0 Å². The summed E-state index contributed by atoms with van der Waals surface area (Å²) in [6.45, 7) is 3.57. The molecular weight excluding hydrogens is 320 g/mol. The lowest BCUT2D eigenvalue weighted by molar-refractivity contribution is -0.114. The molecule has 0 spiro atoms. The first-order valence-electron chi connectivity index (χ1n) is 5.48. The summed E-state index contributed by atoms with van der Waals surface area (Å²) in [6, 6.07) is 0. The van der Waals surface area contributed by atoms with Crippen molar-refractivity contribution in [3.63, 3.8) is 0 Å². The molecule has 2 aromatic heterocycles. The average Bonchev–Trinajstić information content (AvgIpc) is 2.96. The number of rotatable bonds is 6. The minimum absolute atomic E-state index is 0.0982. The van der Waals surface area contributed by atoms with Gasteiger partial charge in [-0.1, -0.05) is 41.8 Å². The highest BCUT2D eigenvalue weighted by atomic mass is 32.2. The van der Waals surface area contributed by atoms with Crippen LogP contribution >= 0.6 is 46.2 Å². The van der Waals surface area contributed by atoms with Gasteiger partial charge < -0.3 is 5.32 Å². The summed E-state index contributed by atoms with van der Waals surface area (Å²) in [5.74, 6) is 1.64. The highest BCUT2D eigenvalue weighted by Crippen LogP contribution is 2.31. The topological polar surface area (TPSA) is 67.8 Å². The molecule has 0 aliphatic rings. The SMILES string of the molecule is CCSc1nnc(SCc2csc(NC(C)=O)n2)s1. The van der Waals surface area contributed by atoms with Gasteiger partial charge in [0.05, 0.1) is 5.69 Å². The smallest absolute Gasteiger partial charge is 0.223 e. The standard InChI is InChI=1S/C10H12N4OS4/c1-3-16-9-13-14-10(19-9)18-5-7-4-17-8(12-7)11-6(2)15/h4H,3,5H2,1-2H3,(H,11,12,15). The van der Waals surface area contributed by atoms with E-state index in [1.807, 2.05) is 5.38 Å². The van der Waals surface area contributed by atoms with E-state index < -0.39 is 0 Å². The van der Waals surface area contributed by atoms with Crippen LogP contribution in [-0.2, 0) is 10.5 Å². The summed E-state index contributed by atoms with van der Waals surface area (Å²) in [5, 5.41) is 13.5. The van der Waals surface area contributed by atoms with Crippen molar-refractivity contribution in [2.45, 2.75) is 28.3 Å². The molecule has 5 nitrogen and oxygen atoms in total. The summed E-state index contributed by atoms with van der Waals surface area (Å²) in [4.78, 5) is 15.2. The number of amides is 1. The first kappa shape index (κ1) is 14.8. The van der Waals surface area contributed by atoms with Gasteiger partial charge in [-0.2, -0.15) is 0 Å². The second kappa shape index (κ2) is 7.22. The quantitative estimate of drug-likeness (QED) is 0.818. The predicted molar refractivity (Wildman–Crippen MR) is 82.3 cm³/mol. The Morgan fingerprint density at radius 2 is 2.11 bits per heavy atom. The second-order valence-corrected chi connectivity index (χ2v) is 7.95. The van der Waals surface area contributed by atoms with Gasteiger partial charge in [0, 0.05) is 18.1 Å². The number of nitrogens with one attached hydrogen (secondary N) is 1. The van der Waals surface area contributed by atoms with Crippen molar-refractivity contribution in [1.29, 1.82) is 0 Å². The molecule has 19 heavy (non-hydrogen) atoms. The third-order valence-electron chi connectivity index (χ3n) is 1.83. The number of nitrogens with zero attached hydrogens (tertiary/aromatic N) is 3. The van der Waals surface area contributed by atoms with E-state index >= 15 is 0 Å². The lowest BCUT2D eigenvalue weighted by Crippen LogP contribution is -2.05. The van der Waals surface area contributed by atoms with E-state index in [0.29, 0.717) is 5.13 Å². The van der Waals surface area contributed by atoms with Crippen molar-refractivity contribution in [1.82, 2.24) is 15.2 Å². The molecule has 0 bridgehead atoms. The first-order valence-corrected chi connectivity index (χ1v) is 9.15. The first-order chi connectivity index (χ1) is 9.17. The number of thioether (sulfide) groups is 2. The van der Waals surface area contributed by atoms with Crippen LogP contribution in [0.2, 0.25) is 0 Å². The van der Waals surface area contributed by atoms with Gasteiger partial charge in [-0.3, -0.25) is 4.79 Å². The number of carbonyl (C=O) groups is 1. The Labute approximate surface area is 127 Å². The lowest BCUT2D eigenvalue weighted by atomic mass is 10.6. The van der Waals surface area contributed by atoms with E-state index in [2.05, 4.69) is 27.4 Å². The molecule has 0 unspecified atom stereocenters. The van der Waals surface area contributed by atoms with Crippen LogP contribution in [0.3, 0.4) is 0 Å². The summed E-state index contributed by atoms with van der Waals surface area (Å²) in [7, 11) is 0.